The van der Waals surface area contributed by atoms with Gasteiger partial charge in [-0.3, -0.25) is 0 Å². The summed E-state index contributed by atoms with van der Waals surface area (Å²) in [7, 11) is 0. The van der Waals surface area contributed by atoms with E-state index < -0.39 is 17.3 Å². The van der Waals surface area contributed by atoms with E-state index in [1.165, 1.54) is 0 Å². The maximum absolute atomic E-state index is 11.8. The summed E-state index contributed by atoms with van der Waals surface area (Å²) in [5, 5.41) is 2.56. The van der Waals surface area contributed by atoms with Gasteiger partial charge in [-0.25, -0.2) is 9.59 Å². The molecule has 0 fully saturated rings. The van der Waals surface area contributed by atoms with Gasteiger partial charge in [0, 0.05) is 0 Å². The molecule has 0 saturated carbocycles. The summed E-state index contributed by atoms with van der Waals surface area (Å²) in [5.41, 5.74) is 0.534. The van der Waals surface area contributed by atoms with Crippen LogP contribution in [0.1, 0.15) is 37.7 Å². The van der Waals surface area contributed by atoms with Crippen molar-refractivity contribution in [2.24, 2.45) is 0 Å². The number of carbonyl (C=O) groups excluding carboxylic acids is 1. The second-order valence-corrected chi connectivity index (χ2v) is 5.66. The molecule has 0 atom stereocenters. The van der Waals surface area contributed by atoms with Gasteiger partial charge in [0.2, 0.25) is 0 Å². The molecule has 0 aliphatic carbocycles. The van der Waals surface area contributed by atoms with Gasteiger partial charge in [-0.05, 0) is 38.8 Å². The van der Waals surface area contributed by atoms with Crippen LogP contribution in [0, 0.1) is 0 Å². The van der Waals surface area contributed by atoms with Crippen LogP contribution in [0.3, 0.4) is 0 Å². The highest BCUT2D eigenvalue weighted by Crippen LogP contribution is 2.15. The first-order valence-electron chi connectivity index (χ1n) is 6.54. The lowest BCUT2D eigenvalue weighted by atomic mass is 10.1. The average molecular weight is 281 g/mol. The predicted molar refractivity (Wildman–Crippen MR) is 71.4 cm³/mol. The summed E-state index contributed by atoms with van der Waals surface area (Å²) >= 11 is 0. The molecule has 0 spiro atoms. The minimum atomic E-state index is -0.557. The largest absolute Gasteiger partial charge is 0.444 e. The van der Waals surface area contributed by atoms with Gasteiger partial charge < -0.3 is 19.2 Å². The number of amides is 1. The minimum absolute atomic E-state index is 0.123. The van der Waals surface area contributed by atoms with Crippen molar-refractivity contribution in [2.75, 3.05) is 6.61 Å². The van der Waals surface area contributed by atoms with Crippen molar-refractivity contribution in [1.82, 2.24) is 5.32 Å². The quantitative estimate of drug-likeness (QED) is 0.893. The van der Waals surface area contributed by atoms with Crippen LogP contribution in [0.4, 0.5) is 4.79 Å². The first-order valence-corrected chi connectivity index (χ1v) is 6.54. The van der Waals surface area contributed by atoms with E-state index in [4.69, 9.17) is 13.9 Å². The zero-order valence-electron chi connectivity index (χ0n) is 11.9. The molecular weight excluding hydrogens is 262 g/mol. The molecule has 1 aromatic heterocycles. The molecule has 0 radical (unpaired) electrons. The molecule has 6 nitrogen and oxygen atoms in total. The van der Waals surface area contributed by atoms with Gasteiger partial charge in [0.25, 0.3) is 0 Å². The van der Waals surface area contributed by atoms with Crippen molar-refractivity contribution in [2.45, 2.75) is 45.9 Å². The van der Waals surface area contributed by atoms with E-state index in [0.717, 1.165) is 5.56 Å². The third-order valence-electron chi connectivity index (χ3n) is 2.76. The van der Waals surface area contributed by atoms with Gasteiger partial charge in [0.05, 0.1) is 25.3 Å². The summed E-state index contributed by atoms with van der Waals surface area (Å²) in [6.45, 7) is 6.36. The molecular formula is C14H19NO5. The Hall–Kier alpha value is -1.82. The van der Waals surface area contributed by atoms with E-state index in [-0.39, 0.29) is 13.2 Å². The number of fused-ring (bicyclic) bond motifs is 1. The molecule has 1 aromatic rings. The number of hydrogen-bond acceptors (Lipinski definition) is 5. The lowest BCUT2D eigenvalue weighted by Gasteiger charge is -2.20. The van der Waals surface area contributed by atoms with E-state index in [2.05, 4.69) is 5.32 Å². The van der Waals surface area contributed by atoms with Gasteiger partial charge in [-0.15, -0.1) is 0 Å². The lowest BCUT2D eigenvalue weighted by Crippen LogP contribution is -2.32. The zero-order chi connectivity index (χ0) is 14.8. The topological polar surface area (TPSA) is 77.8 Å². The molecule has 2 heterocycles. The molecule has 1 N–H and O–H groups in total. The maximum Gasteiger partial charge on any atom is 0.408 e. The summed E-state index contributed by atoms with van der Waals surface area (Å²) in [4.78, 5) is 23.3. The molecule has 1 aliphatic rings. The molecule has 0 unspecified atom stereocenters. The van der Waals surface area contributed by atoms with E-state index in [0.29, 0.717) is 24.4 Å². The van der Waals surface area contributed by atoms with Crippen molar-refractivity contribution >= 4 is 6.09 Å². The normalized spacial score (nSPS) is 14.6. The summed E-state index contributed by atoms with van der Waals surface area (Å²) in [5.74, 6) is 0.418. The molecule has 0 bridgehead atoms. The number of ether oxygens (including phenoxy) is 2. The first kappa shape index (κ1) is 14.6. The van der Waals surface area contributed by atoms with E-state index in [1.54, 1.807) is 26.8 Å². The third-order valence-corrected chi connectivity index (χ3v) is 2.76. The Balaban J connectivity index is 2.02. The number of nitrogens with one attached hydrogen (secondary N) is 1. The molecule has 1 aliphatic heterocycles. The average Bonchev–Trinajstić information content (AvgIpc) is 2.34. The second kappa shape index (κ2) is 5.66. The highest BCUT2D eigenvalue weighted by molar-refractivity contribution is 5.67. The number of hydrogen-bond donors (Lipinski definition) is 1. The van der Waals surface area contributed by atoms with Crippen molar-refractivity contribution in [1.29, 1.82) is 0 Å². The van der Waals surface area contributed by atoms with Crippen LogP contribution in [-0.4, -0.2) is 18.3 Å². The van der Waals surface area contributed by atoms with Crippen LogP contribution in [0.25, 0.3) is 0 Å². The maximum atomic E-state index is 11.8. The molecule has 0 saturated heterocycles. The molecule has 1 amide bonds. The smallest absolute Gasteiger partial charge is 0.408 e. The molecule has 2 rings (SSSR count). The van der Waals surface area contributed by atoms with Crippen LogP contribution >= 0.6 is 0 Å². The molecule has 20 heavy (non-hydrogen) atoms. The minimum Gasteiger partial charge on any atom is -0.444 e. The second-order valence-electron chi connectivity index (χ2n) is 5.66. The van der Waals surface area contributed by atoms with Crippen LogP contribution in [0.2, 0.25) is 0 Å². The van der Waals surface area contributed by atoms with Gasteiger partial charge in [0.1, 0.15) is 11.4 Å². The van der Waals surface area contributed by atoms with E-state index >= 15 is 0 Å². The van der Waals surface area contributed by atoms with Gasteiger partial charge >= 0.3 is 11.7 Å². The zero-order valence-corrected chi connectivity index (χ0v) is 11.9. The Morgan fingerprint density at radius 2 is 2.20 bits per heavy atom. The van der Waals surface area contributed by atoms with Gasteiger partial charge in [-0.2, -0.15) is 0 Å². The molecule has 0 aromatic carbocycles. The van der Waals surface area contributed by atoms with Crippen LogP contribution in [0.15, 0.2) is 15.3 Å². The van der Waals surface area contributed by atoms with Crippen molar-refractivity contribution in [3.63, 3.8) is 0 Å². The highest BCUT2D eigenvalue weighted by Gasteiger charge is 2.18. The fourth-order valence-electron chi connectivity index (χ4n) is 1.91. The van der Waals surface area contributed by atoms with E-state index in [9.17, 15) is 9.59 Å². The third kappa shape index (κ3) is 3.84. The van der Waals surface area contributed by atoms with E-state index in [1.807, 2.05) is 0 Å². The van der Waals surface area contributed by atoms with Crippen LogP contribution in [0.5, 0.6) is 0 Å². The number of rotatable bonds is 2. The number of alkyl carbamates (subject to hydrolysis) is 1. The van der Waals surface area contributed by atoms with Crippen LogP contribution in [-0.2, 0) is 29.0 Å². The Bertz CT molecular complexity index is 556. The lowest BCUT2D eigenvalue weighted by molar-refractivity contribution is 0.0518. The number of carbonyl (C=O) groups is 1. The Morgan fingerprint density at radius 1 is 1.45 bits per heavy atom. The highest BCUT2D eigenvalue weighted by atomic mass is 16.6. The van der Waals surface area contributed by atoms with Crippen LogP contribution < -0.4 is 10.9 Å². The molecule has 6 heteroatoms. The summed E-state index contributed by atoms with van der Waals surface area (Å²) in [6, 6.07) is 1.79. The fourth-order valence-corrected chi connectivity index (χ4v) is 1.91. The standard InChI is InChI=1S/C14H19NO5/c1-14(2,3)20-13(17)15-7-10-6-9-4-5-18-8-11(9)12(16)19-10/h6H,4-5,7-8H2,1-3H3,(H,15,17). The first-order chi connectivity index (χ1) is 9.35. The Labute approximate surface area is 117 Å². The Kier molecular flexibility index (Phi) is 4.13. The molecule has 110 valence electrons. The van der Waals surface area contributed by atoms with Crippen molar-refractivity contribution < 1.29 is 18.7 Å². The van der Waals surface area contributed by atoms with Crippen molar-refractivity contribution in [3.8, 4) is 0 Å². The van der Waals surface area contributed by atoms with Gasteiger partial charge in [0.15, 0.2) is 0 Å². The monoisotopic (exact) mass is 281 g/mol. The summed E-state index contributed by atoms with van der Waals surface area (Å²) in [6.07, 6.45) is 0.140. The fraction of sp³-hybridized carbons (Fsp3) is 0.571. The van der Waals surface area contributed by atoms with Gasteiger partial charge in [-0.1, -0.05) is 0 Å². The van der Waals surface area contributed by atoms with Crippen molar-refractivity contribution in [3.05, 3.63) is 33.4 Å². The predicted octanol–water partition coefficient (Wildman–Crippen LogP) is 1.74. The summed E-state index contributed by atoms with van der Waals surface area (Å²) < 4.78 is 15.5. The SMILES string of the molecule is CC(C)(C)OC(=O)NCc1cc2c(c(=O)o1)COCC2. The Morgan fingerprint density at radius 3 is 2.90 bits per heavy atom.